The summed E-state index contributed by atoms with van der Waals surface area (Å²) in [5, 5.41) is 5.46. The van der Waals surface area contributed by atoms with Gasteiger partial charge in [0.2, 0.25) is 15.9 Å². The van der Waals surface area contributed by atoms with Crippen LogP contribution in [0.2, 0.25) is 0 Å². The number of sulfonamides is 1. The predicted octanol–water partition coefficient (Wildman–Crippen LogP) is 3.28. The molecule has 1 fully saturated rings. The summed E-state index contributed by atoms with van der Waals surface area (Å²) in [7, 11) is -3.31. The molecule has 2 rings (SSSR count). The average molecular weight is 426 g/mol. The molecule has 2 amide bonds. The number of carbonyl (C=O) groups excluding carboxylic acids is 2. The zero-order valence-corrected chi connectivity index (χ0v) is 18.1. The first-order valence-corrected chi connectivity index (χ1v) is 11.6. The van der Waals surface area contributed by atoms with Gasteiger partial charge >= 0.3 is 6.09 Å². The van der Waals surface area contributed by atoms with Crippen LogP contribution >= 0.6 is 0 Å². The minimum absolute atomic E-state index is 0.0992. The lowest BCUT2D eigenvalue weighted by molar-refractivity contribution is -0.120. The molecule has 8 nitrogen and oxygen atoms in total. The van der Waals surface area contributed by atoms with Gasteiger partial charge in [-0.1, -0.05) is 26.8 Å². The summed E-state index contributed by atoms with van der Waals surface area (Å²) >= 11 is 0. The van der Waals surface area contributed by atoms with Crippen molar-refractivity contribution in [3.05, 3.63) is 24.3 Å². The second-order valence-corrected chi connectivity index (χ2v) is 9.79. The van der Waals surface area contributed by atoms with Gasteiger partial charge in [0.05, 0.1) is 18.3 Å². The molecule has 1 atom stereocenters. The van der Waals surface area contributed by atoms with Gasteiger partial charge in [-0.05, 0) is 43.4 Å². The minimum Gasteiger partial charge on any atom is -0.449 e. The summed E-state index contributed by atoms with van der Waals surface area (Å²) in [6.07, 6.45) is 1.30. The molecule has 1 aliphatic rings. The van der Waals surface area contributed by atoms with Crippen molar-refractivity contribution in [3.8, 4) is 0 Å². The number of nitrogens with one attached hydrogen (secondary N) is 2. The molecule has 9 heteroatoms. The van der Waals surface area contributed by atoms with Crippen LogP contribution in [-0.2, 0) is 19.6 Å². The summed E-state index contributed by atoms with van der Waals surface area (Å²) < 4.78 is 31.1. The van der Waals surface area contributed by atoms with Crippen LogP contribution < -0.4 is 10.6 Å². The fourth-order valence-electron chi connectivity index (χ4n) is 3.11. The van der Waals surface area contributed by atoms with Crippen molar-refractivity contribution in [2.24, 2.45) is 11.8 Å². The Morgan fingerprint density at radius 1 is 1.24 bits per heavy atom. The Labute approximate surface area is 173 Å². The van der Waals surface area contributed by atoms with Gasteiger partial charge < -0.3 is 10.1 Å². The van der Waals surface area contributed by atoms with Crippen LogP contribution in [0.5, 0.6) is 0 Å². The highest BCUT2D eigenvalue weighted by Gasteiger charge is 2.31. The van der Waals surface area contributed by atoms with Gasteiger partial charge in [-0.25, -0.2) is 17.5 Å². The number of benzene rings is 1. The van der Waals surface area contributed by atoms with Gasteiger partial charge in [0.15, 0.2) is 0 Å². The number of nitrogens with zero attached hydrogens (tertiary/aromatic N) is 1. The van der Waals surface area contributed by atoms with Crippen molar-refractivity contribution < 1.29 is 22.7 Å². The molecule has 1 aromatic carbocycles. The Hall–Kier alpha value is -2.13. The highest BCUT2D eigenvalue weighted by Crippen LogP contribution is 2.22. The highest BCUT2D eigenvalue weighted by molar-refractivity contribution is 7.89. The van der Waals surface area contributed by atoms with Crippen LogP contribution in [0, 0.1) is 11.8 Å². The van der Waals surface area contributed by atoms with Crippen molar-refractivity contribution in [2.75, 3.05) is 36.1 Å². The Balaban J connectivity index is 1.95. The van der Waals surface area contributed by atoms with Crippen LogP contribution in [0.4, 0.5) is 16.2 Å². The molecule has 0 aromatic heterocycles. The maximum Gasteiger partial charge on any atom is 0.411 e. The van der Waals surface area contributed by atoms with E-state index < -0.39 is 22.0 Å². The van der Waals surface area contributed by atoms with E-state index in [9.17, 15) is 18.0 Å². The van der Waals surface area contributed by atoms with E-state index in [0.717, 1.165) is 0 Å². The SMILES string of the molecule is CCCS(=O)(=O)N1CCCC(C(=O)Nc2cccc(NC(=O)OCC(C)C)c2)C1. The standard InChI is InChI=1S/C20H31N3O5S/c1-4-11-29(26,27)23-10-6-7-16(13-23)19(24)21-17-8-5-9-18(12-17)22-20(25)28-14-15(2)3/h5,8-9,12,15-16H,4,6-7,10-11,13-14H2,1-3H3,(H,21,24)(H,22,25). The molecule has 1 heterocycles. The third-order valence-electron chi connectivity index (χ3n) is 4.53. The summed E-state index contributed by atoms with van der Waals surface area (Å²) in [4.78, 5) is 24.5. The van der Waals surface area contributed by atoms with E-state index in [4.69, 9.17) is 4.74 Å². The molecular formula is C20H31N3O5S. The van der Waals surface area contributed by atoms with Crippen molar-refractivity contribution in [2.45, 2.75) is 40.0 Å². The van der Waals surface area contributed by atoms with Gasteiger partial charge in [-0.15, -0.1) is 0 Å². The quantitative estimate of drug-likeness (QED) is 0.665. The van der Waals surface area contributed by atoms with Gasteiger partial charge in [0, 0.05) is 24.5 Å². The Bertz CT molecular complexity index is 810. The van der Waals surface area contributed by atoms with E-state index in [1.54, 1.807) is 24.3 Å². The van der Waals surface area contributed by atoms with Crippen LogP contribution in [0.25, 0.3) is 0 Å². The third kappa shape index (κ3) is 7.32. The molecule has 162 valence electrons. The predicted molar refractivity (Wildman–Crippen MR) is 113 cm³/mol. The van der Waals surface area contributed by atoms with Gasteiger partial charge in [-0.2, -0.15) is 0 Å². The number of piperidine rings is 1. The van der Waals surface area contributed by atoms with E-state index in [1.165, 1.54) is 4.31 Å². The van der Waals surface area contributed by atoms with Crippen LogP contribution in [0.3, 0.4) is 0 Å². The van der Waals surface area contributed by atoms with Crippen LogP contribution in [-0.4, -0.2) is 50.2 Å². The van der Waals surface area contributed by atoms with Crippen LogP contribution in [0.15, 0.2) is 24.3 Å². The molecule has 1 aromatic rings. The lowest BCUT2D eigenvalue weighted by atomic mass is 9.98. The average Bonchev–Trinajstić information content (AvgIpc) is 2.67. The fraction of sp³-hybridized carbons (Fsp3) is 0.600. The Kier molecular flexibility index (Phi) is 8.45. The first-order chi connectivity index (χ1) is 13.7. The van der Waals surface area contributed by atoms with E-state index in [1.807, 2.05) is 20.8 Å². The summed E-state index contributed by atoms with van der Waals surface area (Å²) in [5.41, 5.74) is 1.04. The zero-order chi connectivity index (χ0) is 21.4. The lowest BCUT2D eigenvalue weighted by Crippen LogP contribution is -2.44. The largest absolute Gasteiger partial charge is 0.449 e. The van der Waals surface area contributed by atoms with Gasteiger partial charge in [0.25, 0.3) is 0 Å². The third-order valence-corrected chi connectivity index (χ3v) is 6.58. The van der Waals surface area contributed by atoms with E-state index in [2.05, 4.69) is 10.6 Å². The lowest BCUT2D eigenvalue weighted by Gasteiger charge is -2.31. The fourth-order valence-corrected chi connectivity index (χ4v) is 4.70. The maximum absolute atomic E-state index is 12.7. The highest BCUT2D eigenvalue weighted by atomic mass is 32.2. The molecule has 29 heavy (non-hydrogen) atoms. The molecule has 0 aliphatic carbocycles. The maximum atomic E-state index is 12.7. The Morgan fingerprint density at radius 3 is 2.59 bits per heavy atom. The molecule has 2 N–H and O–H groups in total. The van der Waals surface area contributed by atoms with Crippen molar-refractivity contribution in [3.63, 3.8) is 0 Å². The number of rotatable bonds is 8. The van der Waals surface area contributed by atoms with E-state index in [-0.39, 0.29) is 24.1 Å². The molecule has 0 bridgehead atoms. The van der Waals surface area contributed by atoms with Crippen molar-refractivity contribution in [1.29, 1.82) is 0 Å². The first-order valence-electron chi connectivity index (χ1n) is 10.0. The zero-order valence-electron chi connectivity index (χ0n) is 17.3. The topological polar surface area (TPSA) is 105 Å². The molecule has 1 saturated heterocycles. The molecule has 0 saturated carbocycles. The normalized spacial score (nSPS) is 17.7. The monoisotopic (exact) mass is 425 g/mol. The number of ether oxygens (including phenoxy) is 1. The van der Waals surface area contributed by atoms with Crippen LogP contribution in [0.1, 0.15) is 40.0 Å². The molecule has 0 radical (unpaired) electrons. The summed E-state index contributed by atoms with van der Waals surface area (Å²) in [6, 6.07) is 6.78. The number of carbonyl (C=O) groups is 2. The molecule has 0 spiro atoms. The molecular weight excluding hydrogens is 394 g/mol. The molecule has 1 aliphatic heterocycles. The first kappa shape index (κ1) is 23.2. The van der Waals surface area contributed by atoms with Gasteiger partial charge in [-0.3, -0.25) is 10.1 Å². The van der Waals surface area contributed by atoms with E-state index >= 15 is 0 Å². The Morgan fingerprint density at radius 2 is 1.93 bits per heavy atom. The van der Waals surface area contributed by atoms with E-state index in [0.29, 0.717) is 43.8 Å². The number of hydrogen-bond donors (Lipinski definition) is 2. The van der Waals surface area contributed by atoms with Crippen molar-refractivity contribution in [1.82, 2.24) is 4.31 Å². The second kappa shape index (κ2) is 10.6. The van der Waals surface area contributed by atoms with Crippen molar-refractivity contribution >= 4 is 33.4 Å². The van der Waals surface area contributed by atoms with Gasteiger partial charge in [0.1, 0.15) is 0 Å². The number of amides is 2. The number of hydrogen-bond acceptors (Lipinski definition) is 5. The minimum atomic E-state index is -3.31. The number of anilines is 2. The smallest absolute Gasteiger partial charge is 0.411 e. The summed E-state index contributed by atoms with van der Waals surface area (Å²) in [5.74, 6) is -0.284. The summed E-state index contributed by atoms with van der Waals surface area (Å²) in [6.45, 7) is 6.71. The second-order valence-electron chi connectivity index (χ2n) is 7.70. The molecule has 1 unspecified atom stereocenters.